The Bertz CT molecular complexity index is 1020. The van der Waals surface area contributed by atoms with Gasteiger partial charge >= 0.3 is 0 Å². The van der Waals surface area contributed by atoms with Crippen LogP contribution in [-0.2, 0) is 26.2 Å². The van der Waals surface area contributed by atoms with Crippen LogP contribution in [0.3, 0.4) is 0 Å². The average Bonchev–Trinajstić information content (AvgIpc) is 3.18. The monoisotopic (exact) mass is 508 g/mol. The van der Waals surface area contributed by atoms with Crippen LogP contribution < -0.4 is 21.3 Å². The van der Waals surface area contributed by atoms with Gasteiger partial charge < -0.3 is 21.3 Å². The molecule has 0 atom stereocenters. The predicted octanol–water partition coefficient (Wildman–Crippen LogP) is 6.31. The summed E-state index contributed by atoms with van der Waals surface area (Å²) in [5, 5.41) is 14.8. The summed E-state index contributed by atoms with van der Waals surface area (Å²) in [5.41, 5.74) is 11.2. The van der Waals surface area contributed by atoms with E-state index in [2.05, 4.69) is 94.1 Å². The van der Waals surface area contributed by atoms with E-state index in [1.165, 1.54) is 83.0 Å². The van der Waals surface area contributed by atoms with E-state index < -0.39 is 0 Å². The molecule has 0 saturated carbocycles. The lowest BCUT2D eigenvalue weighted by molar-refractivity contribution is 0.569. The average molecular weight is 509 g/mol. The largest absolute Gasteiger partial charge is 0.313 e. The summed E-state index contributed by atoms with van der Waals surface area (Å²) in [6.45, 7) is 8.04. The molecule has 4 aliphatic carbocycles. The maximum atomic E-state index is 3.71. The van der Waals surface area contributed by atoms with Crippen LogP contribution in [0.25, 0.3) is 22.3 Å². The van der Waals surface area contributed by atoms with Crippen molar-refractivity contribution in [3.63, 3.8) is 0 Å². The zero-order valence-electron chi connectivity index (χ0n) is 22.8. The SMILES string of the molecule is c1ccc2c3cc(c-2cc1)CNCCCCCNCc1cc(c2cccccc1-2)CNCCCCCNC3. The lowest BCUT2D eigenvalue weighted by Gasteiger charge is -2.08. The summed E-state index contributed by atoms with van der Waals surface area (Å²) < 4.78 is 0. The Morgan fingerprint density at radius 1 is 0.342 bits per heavy atom. The molecule has 1 heterocycles. The third kappa shape index (κ3) is 7.21. The third-order valence-corrected chi connectivity index (χ3v) is 7.83. The summed E-state index contributed by atoms with van der Waals surface area (Å²) in [6, 6.07) is 26.9. The Kier molecular flexibility index (Phi) is 10.2. The molecule has 0 radical (unpaired) electrons. The molecule has 4 heteroatoms. The van der Waals surface area contributed by atoms with Crippen LogP contribution in [0.1, 0.15) is 60.8 Å². The molecule has 200 valence electrons. The zero-order valence-corrected chi connectivity index (χ0v) is 22.8. The highest BCUT2D eigenvalue weighted by Crippen LogP contribution is 2.33. The molecular weight excluding hydrogens is 464 g/mol. The van der Waals surface area contributed by atoms with Gasteiger partial charge in [-0.1, -0.05) is 85.6 Å². The van der Waals surface area contributed by atoms with Crippen molar-refractivity contribution < 1.29 is 0 Å². The van der Waals surface area contributed by atoms with E-state index >= 15 is 0 Å². The van der Waals surface area contributed by atoms with Gasteiger partial charge in [-0.05, 0) is 96.4 Å². The molecule has 4 N–H and O–H groups in total. The molecule has 5 aliphatic rings. The Hall–Kier alpha value is -2.76. The second-order valence-corrected chi connectivity index (χ2v) is 10.7. The van der Waals surface area contributed by atoms with Gasteiger partial charge in [0.1, 0.15) is 0 Å². The fourth-order valence-corrected chi connectivity index (χ4v) is 5.78. The summed E-state index contributed by atoms with van der Waals surface area (Å²) in [5.74, 6) is 0. The van der Waals surface area contributed by atoms with Crippen LogP contribution in [0, 0.1) is 0 Å². The van der Waals surface area contributed by atoms with Crippen molar-refractivity contribution >= 4 is 0 Å². The molecule has 0 amide bonds. The number of fused-ring (bicyclic) bond motifs is 10. The Balaban J connectivity index is 1.20. The Morgan fingerprint density at radius 3 is 0.921 bits per heavy atom. The molecule has 0 saturated heterocycles. The second kappa shape index (κ2) is 14.4. The number of rotatable bonds is 0. The first-order valence-corrected chi connectivity index (χ1v) is 14.7. The van der Waals surface area contributed by atoms with Gasteiger partial charge in [-0.3, -0.25) is 0 Å². The van der Waals surface area contributed by atoms with Gasteiger partial charge in [0.15, 0.2) is 0 Å². The Labute approximate surface area is 229 Å². The van der Waals surface area contributed by atoms with Crippen molar-refractivity contribution in [2.45, 2.75) is 64.7 Å². The van der Waals surface area contributed by atoms with Gasteiger partial charge in [0.2, 0.25) is 0 Å². The molecule has 0 spiro atoms. The van der Waals surface area contributed by atoms with Crippen LogP contribution in [0.15, 0.2) is 72.8 Å². The lowest BCUT2D eigenvalue weighted by atomic mass is 10.1. The van der Waals surface area contributed by atoms with Gasteiger partial charge in [-0.2, -0.15) is 0 Å². The van der Waals surface area contributed by atoms with Crippen LogP contribution in [0.5, 0.6) is 0 Å². The summed E-state index contributed by atoms with van der Waals surface area (Å²) in [6.07, 6.45) is 7.36. The molecule has 0 unspecified atom stereocenters. The minimum Gasteiger partial charge on any atom is -0.313 e. The van der Waals surface area contributed by atoms with Crippen molar-refractivity contribution in [3.05, 3.63) is 95.1 Å². The highest BCUT2D eigenvalue weighted by atomic mass is 14.9. The lowest BCUT2D eigenvalue weighted by Crippen LogP contribution is -2.17. The van der Waals surface area contributed by atoms with E-state index in [0.29, 0.717) is 0 Å². The zero-order chi connectivity index (χ0) is 25.8. The molecule has 1 aliphatic heterocycles. The van der Waals surface area contributed by atoms with Crippen molar-refractivity contribution in [2.24, 2.45) is 0 Å². The second-order valence-electron chi connectivity index (χ2n) is 10.7. The first kappa shape index (κ1) is 26.8. The first-order chi connectivity index (χ1) is 18.9. The van der Waals surface area contributed by atoms with E-state index in [0.717, 1.165) is 52.4 Å². The highest BCUT2D eigenvalue weighted by Gasteiger charge is 2.15. The van der Waals surface area contributed by atoms with Crippen molar-refractivity contribution in [3.8, 4) is 22.3 Å². The fraction of sp³-hybridized carbons (Fsp3) is 0.412. The molecule has 0 aromatic carbocycles. The van der Waals surface area contributed by atoms with E-state index in [9.17, 15) is 0 Å². The molecule has 0 fully saturated rings. The van der Waals surface area contributed by atoms with E-state index in [1.54, 1.807) is 0 Å². The first-order valence-electron chi connectivity index (χ1n) is 14.7. The van der Waals surface area contributed by atoms with E-state index in [4.69, 9.17) is 0 Å². The molecular formula is C34H44N4. The number of nitrogens with one attached hydrogen (secondary N) is 4. The number of hydrogen-bond acceptors (Lipinski definition) is 4. The Morgan fingerprint density at radius 2 is 0.632 bits per heavy atom. The van der Waals surface area contributed by atoms with E-state index in [1.807, 2.05) is 0 Å². The normalized spacial score (nSPS) is 17.7. The summed E-state index contributed by atoms with van der Waals surface area (Å²) in [4.78, 5) is 0. The molecule has 0 aromatic rings. The maximum absolute atomic E-state index is 3.71. The van der Waals surface area contributed by atoms with Gasteiger partial charge in [-0.15, -0.1) is 0 Å². The molecule has 5 rings (SSSR count). The minimum atomic E-state index is 0.940. The third-order valence-electron chi connectivity index (χ3n) is 7.83. The maximum Gasteiger partial charge on any atom is 0.0211 e. The minimum absolute atomic E-state index is 0.940. The molecule has 0 aromatic heterocycles. The molecule has 4 nitrogen and oxygen atoms in total. The van der Waals surface area contributed by atoms with E-state index in [-0.39, 0.29) is 0 Å². The highest BCUT2D eigenvalue weighted by molar-refractivity contribution is 5.75. The van der Waals surface area contributed by atoms with Gasteiger partial charge in [-0.25, -0.2) is 0 Å². The standard InChI is InChI=1S/C34H44N4/c1-5-13-31-27-21-28(32(31)14-6-1)24-36-18-10-4-12-20-38-26-30-22-29(33-15-7-2-8-16-34(30)33)25-37-19-11-3-9-17-35-23-27/h1-2,5-8,13-16,21-22,35-38H,3-4,9-12,17-20,23-26H2. The van der Waals surface area contributed by atoms with Crippen molar-refractivity contribution in [1.82, 2.24) is 21.3 Å². The molecule has 38 heavy (non-hydrogen) atoms. The predicted molar refractivity (Wildman–Crippen MR) is 161 cm³/mol. The number of hydrogen-bond donors (Lipinski definition) is 4. The van der Waals surface area contributed by atoms with Gasteiger partial charge in [0.05, 0.1) is 0 Å². The summed E-state index contributed by atoms with van der Waals surface area (Å²) in [7, 11) is 0. The van der Waals surface area contributed by atoms with Crippen molar-refractivity contribution in [2.75, 3.05) is 26.2 Å². The summed E-state index contributed by atoms with van der Waals surface area (Å²) >= 11 is 0. The van der Waals surface area contributed by atoms with Crippen LogP contribution in [0.2, 0.25) is 0 Å². The van der Waals surface area contributed by atoms with Crippen LogP contribution in [-0.4, -0.2) is 26.2 Å². The quantitative estimate of drug-likeness (QED) is 0.225. The van der Waals surface area contributed by atoms with Crippen molar-refractivity contribution in [1.29, 1.82) is 0 Å². The van der Waals surface area contributed by atoms with Crippen LogP contribution >= 0.6 is 0 Å². The van der Waals surface area contributed by atoms with Gasteiger partial charge in [0, 0.05) is 26.2 Å². The smallest absolute Gasteiger partial charge is 0.0211 e. The topological polar surface area (TPSA) is 48.1 Å². The fourth-order valence-electron chi connectivity index (χ4n) is 5.78. The van der Waals surface area contributed by atoms with Crippen LogP contribution in [0.4, 0.5) is 0 Å². The van der Waals surface area contributed by atoms with Gasteiger partial charge in [0.25, 0.3) is 0 Å². The molecule has 4 bridgehead atoms.